The first-order valence-electron chi connectivity index (χ1n) is 9.21. The second-order valence-electron chi connectivity index (χ2n) is 6.59. The number of nitrogens with zero attached hydrogens (tertiary/aromatic N) is 2. The lowest BCUT2D eigenvalue weighted by atomic mass is 10.1. The van der Waals surface area contributed by atoms with Crippen LogP contribution in [0.15, 0.2) is 41.5 Å². The van der Waals surface area contributed by atoms with Crippen molar-refractivity contribution < 1.29 is 9.47 Å². The van der Waals surface area contributed by atoms with Gasteiger partial charge in [-0.05, 0) is 44.4 Å². The lowest BCUT2D eigenvalue weighted by Gasteiger charge is -2.14. The van der Waals surface area contributed by atoms with Gasteiger partial charge in [-0.15, -0.1) is 24.0 Å². The highest BCUT2D eigenvalue weighted by molar-refractivity contribution is 14.0. The molecule has 0 aliphatic rings. The van der Waals surface area contributed by atoms with Crippen LogP contribution in [0.5, 0.6) is 11.6 Å². The summed E-state index contributed by atoms with van der Waals surface area (Å²) in [5, 5.41) is 6.63. The van der Waals surface area contributed by atoms with E-state index in [2.05, 4.69) is 39.7 Å². The Morgan fingerprint density at radius 3 is 2.57 bits per heavy atom. The zero-order valence-electron chi connectivity index (χ0n) is 17.3. The van der Waals surface area contributed by atoms with Crippen molar-refractivity contribution in [3.05, 3.63) is 53.2 Å². The molecule has 2 aromatic rings. The number of hydrogen-bond acceptors (Lipinski definition) is 4. The van der Waals surface area contributed by atoms with Crippen molar-refractivity contribution in [1.29, 1.82) is 0 Å². The molecule has 0 bridgehead atoms. The highest BCUT2D eigenvalue weighted by Crippen LogP contribution is 2.19. The maximum absolute atomic E-state index is 5.56. The number of halogens is 1. The number of aromatic nitrogens is 1. The molecule has 0 spiro atoms. The van der Waals surface area contributed by atoms with Gasteiger partial charge in [0.2, 0.25) is 5.88 Å². The molecule has 6 nitrogen and oxygen atoms in total. The summed E-state index contributed by atoms with van der Waals surface area (Å²) >= 11 is 0. The van der Waals surface area contributed by atoms with Gasteiger partial charge in [-0.3, -0.25) is 4.99 Å². The second kappa shape index (κ2) is 12.4. The predicted octanol–water partition coefficient (Wildman–Crippen LogP) is 3.71. The van der Waals surface area contributed by atoms with E-state index in [4.69, 9.17) is 9.47 Å². The van der Waals surface area contributed by atoms with Crippen LogP contribution in [0.4, 0.5) is 0 Å². The molecule has 0 unspecified atom stereocenters. The number of methoxy groups -OCH3 is 1. The van der Waals surface area contributed by atoms with E-state index in [9.17, 15) is 0 Å². The van der Waals surface area contributed by atoms with Crippen molar-refractivity contribution >= 4 is 29.9 Å². The quantitative estimate of drug-likeness (QED) is 0.330. The highest BCUT2D eigenvalue weighted by Gasteiger charge is 2.05. The minimum atomic E-state index is 0. The molecular formula is C21H31IN4O2. The van der Waals surface area contributed by atoms with Gasteiger partial charge >= 0.3 is 0 Å². The second-order valence-corrected chi connectivity index (χ2v) is 6.59. The van der Waals surface area contributed by atoms with Gasteiger partial charge in [0, 0.05) is 32.4 Å². The highest BCUT2D eigenvalue weighted by atomic mass is 127. The Labute approximate surface area is 185 Å². The molecule has 7 heteroatoms. The lowest BCUT2D eigenvalue weighted by molar-refractivity contribution is 0.232. The lowest BCUT2D eigenvalue weighted by Crippen LogP contribution is -2.37. The van der Waals surface area contributed by atoms with Crippen LogP contribution < -0.4 is 20.1 Å². The van der Waals surface area contributed by atoms with Gasteiger partial charge in [-0.2, -0.15) is 0 Å². The summed E-state index contributed by atoms with van der Waals surface area (Å²) in [7, 11) is 3.47. The first-order chi connectivity index (χ1) is 13.0. The molecule has 2 rings (SSSR count). The van der Waals surface area contributed by atoms with E-state index < -0.39 is 0 Å². The third-order valence-electron chi connectivity index (χ3n) is 3.96. The molecule has 1 aromatic heterocycles. The van der Waals surface area contributed by atoms with Crippen LogP contribution in [-0.2, 0) is 13.0 Å². The topological polar surface area (TPSA) is 67.8 Å². The number of nitrogens with one attached hydrogen (secondary N) is 2. The molecule has 0 atom stereocenters. The zero-order valence-corrected chi connectivity index (χ0v) is 19.6. The first-order valence-corrected chi connectivity index (χ1v) is 9.21. The number of pyridine rings is 1. The van der Waals surface area contributed by atoms with Crippen molar-refractivity contribution in [3.8, 4) is 11.6 Å². The standard InChI is InChI=1S/C21H30N4O2.HI/c1-15(2)27-20-9-7-17(13-24-20)14-25-21(22-4)23-11-10-18-12-16(3)6-8-19(18)26-5;/h6-9,12-13,15H,10-11,14H2,1-5H3,(H2,22,23,25);1H. The Morgan fingerprint density at radius 2 is 1.96 bits per heavy atom. The summed E-state index contributed by atoms with van der Waals surface area (Å²) in [4.78, 5) is 8.58. The Kier molecular flexibility index (Phi) is 10.7. The molecule has 28 heavy (non-hydrogen) atoms. The van der Waals surface area contributed by atoms with Crippen molar-refractivity contribution in [2.24, 2.45) is 4.99 Å². The minimum Gasteiger partial charge on any atom is -0.496 e. The van der Waals surface area contributed by atoms with Crippen molar-refractivity contribution in [2.45, 2.75) is 39.8 Å². The van der Waals surface area contributed by atoms with Crippen LogP contribution >= 0.6 is 24.0 Å². The molecule has 0 amide bonds. The fourth-order valence-corrected chi connectivity index (χ4v) is 2.65. The number of ether oxygens (including phenoxy) is 2. The molecule has 0 aliphatic heterocycles. The molecule has 0 saturated carbocycles. The van der Waals surface area contributed by atoms with Gasteiger partial charge < -0.3 is 20.1 Å². The summed E-state index contributed by atoms with van der Waals surface area (Å²) in [5.41, 5.74) is 3.48. The van der Waals surface area contributed by atoms with Crippen molar-refractivity contribution in [2.75, 3.05) is 20.7 Å². The van der Waals surface area contributed by atoms with Gasteiger partial charge in [0.1, 0.15) is 5.75 Å². The Morgan fingerprint density at radius 1 is 1.18 bits per heavy atom. The number of aryl methyl sites for hydroxylation is 1. The molecule has 0 fully saturated rings. The van der Waals surface area contributed by atoms with Crippen LogP contribution in [0.25, 0.3) is 0 Å². The van der Waals surface area contributed by atoms with Crippen molar-refractivity contribution in [1.82, 2.24) is 15.6 Å². The zero-order chi connectivity index (χ0) is 19.6. The molecule has 0 saturated heterocycles. The van der Waals surface area contributed by atoms with Crippen LogP contribution in [0.1, 0.15) is 30.5 Å². The third kappa shape index (κ3) is 7.92. The van der Waals surface area contributed by atoms with E-state index in [-0.39, 0.29) is 30.1 Å². The van der Waals surface area contributed by atoms with Gasteiger partial charge in [0.25, 0.3) is 0 Å². The maximum atomic E-state index is 5.56. The van der Waals surface area contributed by atoms with E-state index in [1.165, 1.54) is 11.1 Å². The van der Waals surface area contributed by atoms with Gasteiger partial charge in [0.05, 0.1) is 13.2 Å². The van der Waals surface area contributed by atoms with E-state index in [0.29, 0.717) is 12.4 Å². The number of guanidine groups is 1. The summed E-state index contributed by atoms with van der Waals surface area (Å²) in [6.45, 7) is 7.46. The third-order valence-corrected chi connectivity index (χ3v) is 3.96. The Hall–Kier alpha value is -2.03. The molecule has 0 radical (unpaired) electrons. The average molecular weight is 498 g/mol. The smallest absolute Gasteiger partial charge is 0.213 e. The SMILES string of the molecule is CN=C(NCCc1cc(C)ccc1OC)NCc1ccc(OC(C)C)nc1.I. The van der Waals surface area contributed by atoms with Gasteiger partial charge in [-0.1, -0.05) is 23.8 Å². The van der Waals surface area contributed by atoms with Gasteiger partial charge in [0.15, 0.2) is 5.96 Å². The fourth-order valence-electron chi connectivity index (χ4n) is 2.65. The summed E-state index contributed by atoms with van der Waals surface area (Å²) < 4.78 is 11.0. The summed E-state index contributed by atoms with van der Waals surface area (Å²) in [5.74, 6) is 2.31. The van der Waals surface area contributed by atoms with E-state index >= 15 is 0 Å². The largest absolute Gasteiger partial charge is 0.496 e. The molecule has 2 N–H and O–H groups in total. The normalized spacial score (nSPS) is 11.0. The molecular weight excluding hydrogens is 467 g/mol. The fraction of sp³-hybridized carbons (Fsp3) is 0.429. The Bertz CT molecular complexity index is 749. The average Bonchev–Trinajstić information content (AvgIpc) is 2.65. The summed E-state index contributed by atoms with van der Waals surface area (Å²) in [6.07, 6.45) is 2.79. The van der Waals surface area contributed by atoms with Crippen LogP contribution in [0, 0.1) is 6.92 Å². The van der Waals surface area contributed by atoms with E-state index in [1.807, 2.05) is 38.2 Å². The number of benzene rings is 1. The maximum Gasteiger partial charge on any atom is 0.213 e. The van der Waals surface area contributed by atoms with Crippen LogP contribution in [0.3, 0.4) is 0 Å². The van der Waals surface area contributed by atoms with Crippen molar-refractivity contribution in [3.63, 3.8) is 0 Å². The molecule has 154 valence electrons. The molecule has 1 aromatic carbocycles. The minimum absolute atomic E-state index is 0. The molecule has 0 aliphatic carbocycles. The monoisotopic (exact) mass is 498 g/mol. The number of aliphatic imine (C=N–C) groups is 1. The summed E-state index contributed by atoms with van der Waals surface area (Å²) in [6, 6.07) is 10.1. The predicted molar refractivity (Wildman–Crippen MR) is 125 cm³/mol. The number of rotatable bonds is 8. The van der Waals surface area contributed by atoms with Crippen LogP contribution in [0.2, 0.25) is 0 Å². The Balaban J connectivity index is 0.00000392. The molecule has 1 heterocycles. The van der Waals surface area contributed by atoms with E-state index in [1.54, 1.807) is 14.2 Å². The first kappa shape index (κ1) is 24.0. The number of hydrogen-bond donors (Lipinski definition) is 2. The van der Waals surface area contributed by atoms with Crippen LogP contribution in [-0.4, -0.2) is 37.7 Å². The van der Waals surface area contributed by atoms with E-state index in [0.717, 1.165) is 30.2 Å². The van der Waals surface area contributed by atoms with Gasteiger partial charge in [-0.25, -0.2) is 4.98 Å².